The lowest BCUT2D eigenvalue weighted by Crippen LogP contribution is -2.38. The van der Waals surface area contributed by atoms with Crippen molar-refractivity contribution in [3.8, 4) is 0 Å². The lowest BCUT2D eigenvalue weighted by atomic mass is 9.99. The summed E-state index contributed by atoms with van der Waals surface area (Å²) in [5.41, 5.74) is 5.85. The summed E-state index contributed by atoms with van der Waals surface area (Å²) in [6, 6.07) is 0. The monoisotopic (exact) mass is 319 g/mol. The molecule has 0 radical (unpaired) electrons. The lowest BCUT2D eigenvalue weighted by molar-refractivity contribution is -0.210. The van der Waals surface area contributed by atoms with Crippen molar-refractivity contribution in [1.29, 1.82) is 0 Å². The van der Waals surface area contributed by atoms with Gasteiger partial charge in [0, 0.05) is 0 Å². The Bertz CT molecular complexity index is 691. The fourth-order valence-electron chi connectivity index (χ4n) is 2.58. The topological polar surface area (TPSA) is 119 Å². The number of ether oxygens (including phenoxy) is 1. The van der Waals surface area contributed by atoms with Crippen LogP contribution in [0.1, 0.15) is 6.23 Å². The zero-order valence-corrected chi connectivity index (χ0v) is 11.0. The van der Waals surface area contributed by atoms with Crippen LogP contribution in [0.3, 0.4) is 0 Å². The van der Waals surface area contributed by atoms with Crippen molar-refractivity contribution in [3.63, 3.8) is 0 Å². The van der Waals surface area contributed by atoms with Gasteiger partial charge in [-0.05, 0) is 0 Å². The number of halogens is 3. The molecule has 1 aliphatic heterocycles. The van der Waals surface area contributed by atoms with E-state index in [-0.39, 0.29) is 17.0 Å². The van der Waals surface area contributed by atoms with Gasteiger partial charge in [0.2, 0.25) is 0 Å². The molecule has 1 aliphatic rings. The van der Waals surface area contributed by atoms with Gasteiger partial charge in [0.15, 0.2) is 11.5 Å². The van der Waals surface area contributed by atoms with E-state index in [9.17, 15) is 18.3 Å². The number of nitrogen functional groups attached to an aromatic ring is 1. The predicted octanol–water partition coefficient (Wildman–Crippen LogP) is -0.162. The fraction of sp³-hybridized carbons (Fsp3) is 0.545. The molecule has 0 unspecified atom stereocenters. The first-order valence-electron chi connectivity index (χ1n) is 6.28. The second kappa shape index (κ2) is 5.04. The molecule has 1 saturated heterocycles. The quantitative estimate of drug-likeness (QED) is 0.703. The normalized spacial score (nSPS) is 29.3. The zero-order valence-electron chi connectivity index (χ0n) is 11.0. The van der Waals surface area contributed by atoms with Gasteiger partial charge < -0.3 is 20.7 Å². The Morgan fingerprint density at radius 1 is 1.32 bits per heavy atom. The number of aliphatic hydroxyl groups is 2. The molecule has 2 aromatic heterocycles. The van der Waals surface area contributed by atoms with Crippen molar-refractivity contribution < 1.29 is 28.1 Å². The zero-order chi connectivity index (χ0) is 16.1. The lowest BCUT2D eigenvalue weighted by Gasteiger charge is -2.24. The number of nitrogens with zero attached hydrogens (tertiary/aromatic N) is 4. The van der Waals surface area contributed by atoms with Gasteiger partial charge in [0.05, 0.1) is 19.0 Å². The van der Waals surface area contributed by atoms with Crippen molar-refractivity contribution >= 4 is 17.0 Å². The van der Waals surface area contributed by atoms with Gasteiger partial charge in [-0.1, -0.05) is 0 Å². The minimum Gasteiger partial charge on any atom is -0.394 e. The van der Waals surface area contributed by atoms with E-state index in [1.54, 1.807) is 0 Å². The van der Waals surface area contributed by atoms with Crippen molar-refractivity contribution in [3.05, 3.63) is 12.7 Å². The van der Waals surface area contributed by atoms with Crippen LogP contribution in [0.15, 0.2) is 12.7 Å². The van der Waals surface area contributed by atoms with E-state index in [1.807, 2.05) is 0 Å². The molecular formula is C11H12F3N5O3. The molecule has 4 atom stereocenters. The van der Waals surface area contributed by atoms with Gasteiger partial charge in [0.25, 0.3) is 0 Å². The number of anilines is 1. The highest BCUT2D eigenvalue weighted by molar-refractivity contribution is 5.81. The molecule has 2 aromatic rings. The predicted molar refractivity (Wildman–Crippen MR) is 66.3 cm³/mol. The maximum absolute atomic E-state index is 13.2. The van der Waals surface area contributed by atoms with Crippen LogP contribution >= 0.6 is 0 Å². The van der Waals surface area contributed by atoms with Gasteiger partial charge in [-0.2, -0.15) is 13.2 Å². The van der Waals surface area contributed by atoms with Gasteiger partial charge >= 0.3 is 6.18 Å². The van der Waals surface area contributed by atoms with Crippen molar-refractivity contribution in [2.75, 3.05) is 12.3 Å². The van der Waals surface area contributed by atoms with Crippen LogP contribution in [-0.2, 0) is 4.74 Å². The third-order valence-electron chi connectivity index (χ3n) is 3.60. The summed E-state index contributed by atoms with van der Waals surface area (Å²) in [6.07, 6.45) is -7.40. The standard InChI is InChI=1S/C11H12F3N5O3/c12-11(13,14)5-7(21)4(1-20)22-10(5)19-3-18-9-6(19)8(15)16-2-17-9/h2-5,7,10,20-21H,1H2,(H2,15,16,17)/t4-,5-,7-,10-/m1/s1. The van der Waals surface area contributed by atoms with Gasteiger partial charge in [-0.3, -0.25) is 4.57 Å². The van der Waals surface area contributed by atoms with Crippen molar-refractivity contribution in [2.45, 2.75) is 24.6 Å². The summed E-state index contributed by atoms with van der Waals surface area (Å²) >= 11 is 0. The SMILES string of the molecule is Nc1ncnc2ncn([C@@H]3O[C@H](CO)[C@@H](O)[C@H]3C(F)(F)F)c12. The summed E-state index contributed by atoms with van der Waals surface area (Å²) in [5, 5.41) is 18.9. The average Bonchev–Trinajstić information content (AvgIpc) is 2.99. The third kappa shape index (κ3) is 2.17. The van der Waals surface area contributed by atoms with Crippen LogP contribution < -0.4 is 5.73 Å². The second-order valence-electron chi connectivity index (χ2n) is 4.89. The number of fused-ring (bicyclic) bond motifs is 1. The first-order chi connectivity index (χ1) is 10.3. The van der Waals surface area contributed by atoms with Crippen LogP contribution in [0.2, 0.25) is 0 Å². The number of hydrogen-bond acceptors (Lipinski definition) is 7. The van der Waals surface area contributed by atoms with Crippen LogP contribution in [-0.4, -0.2) is 54.7 Å². The largest absolute Gasteiger partial charge is 0.398 e. The van der Waals surface area contributed by atoms with Gasteiger partial charge in [-0.25, -0.2) is 15.0 Å². The van der Waals surface area contributed by atoms with Crippen LogP contribution in [0.5, 0.6) is 0 Å². The Morgan fingerprint density at radius 2 is 2.05 bits per heavy atom. The number of alkyl halides is 3. The highest BCUT2D eigenvalue weighted by atomic mass is 19.4. The minimum atomic E-state index is -4.74. The van der Waals surface area contributed by atoms with E-state index in [0.29, 0.717) is 0 Å². The molecule has 120 valence electrons. The molecule has 0 aliphatic carbocycles. The first-order valence-corrected chi connectivity index (χ1v) is 6.28. The Kier molecular flexibility index (Phi) is 3.42. The molecule has 0 spiro atoms. The Hall–Kier alpha value is -1.98. The van der Waals surface area contributed by atoms with E-state index in [4.69, 9.17) is 15.6 Å². The van der Waals surface area contributed by atoms with Crippen LogP contribution in [0, 0.1) is 5.92 Å². The van der Waals surface area contributed by atoms with Gasteiger partial charge in [0.1, 0.15) is 30.1 Å². The summed E-state index contributed by atoms with van der Waals surface area (Å²) in [5.74, 6) is -2.30. The maximum Gasteiger partial charge on any atom is 0.398 e. The molecule has 0 bridgehead atoms. The maximum atomic E-state index is 13.2. The fourth-order valence-corrected chi connectivity index (χ4v) is 2.58. The van der Waals surface area contributed by atoms with E-state index in [2.05, 4.69) is 15.0 Å². The highest BCUT2D eigenvalue weighted by Gasteiger charge is 2.58. The van der Waals surface area contributed by atoms with Crippen molar-refractivity contribution in [2.24, 2.45) is 5.92 Å². The average molecular weight is 319 g/mol. The van der Waals surface area contributed by atoms with Crippen LogP contribution in [0.25, 0.3) is 11.2 Å². The Balaban J connectivity index is 2.12. The van der Waals surface area contributed by atoms with E-state index in [0.717, 1.165) is 17.2 Å². The molecule has 8 nitrogen and oxygen atoms in total. The molecule has 11 heteroatoms. The number of hydrogen-bond donors (Lipinski definition) is 3. The first kappa shape index (κ1) is 14.9. The molecule has 0 saturated carbocycles. The molecule has 3 rings (SSSR count). The number of aliphatic hydroxyl groups excluding tert-OH is 2. The molecular weight excluding hydrogens is 307 g/mol. The molecule has 22 heavy (non-hydrogen) atoms. The number of nitrogens with two attached hydrogens (primary N) is 1. The number of rotatable bonds is 2. The van der Waals surface area contributed by atoms with E-state index < -0.39 is 37.1 Å². The molecule has 3 heterocycles. The number of imidazole rings is 1. The highest BCUT2D eigenvalue weighted by Crippen LogP contribution is 2.45. The Labute approximate surface area is 121 Å². The summed E-state index contributed by atoms with van der Waals surface area (Å²) < 4.78 is 45.9. The molecule has 0 amide bonds. The summed E-state index contributed by atoms with van der Waals surface area (Å²) in [7, 11) is 0. The van der Waals surface area contributed by atoms with E-state index >= 15 is 0 Å². The smallest absolute Gasteiger partial charge is 0.394 e. The van der Waals surface area contributed by atoms with Crippen LogP contribution in [0.4, 0.5) is 19.0 Å². The van der Waals surface area contributed by atoms with E-state index in [1.165, 1.54) is 0 Å². The summed E-state index contributed by atoms with van der Waals surface area (Å²) in [6.45, 7) is -0.747. The Morgan fingerprint density at radius 3 is 2.68 bits per heavy atom. The van der Waals surface area contributed by atoms with Gasteiger partial charge in [-0.15, -0.1) is 0 Å². The minimum absolute atomic E-state index is 0.0611. The van der Waals surface area contributed by atoms with Crippen molar-refractivity contribution in [1.82, 2.24) is 19.5 Å². The summed E-state index contributed by atoms with van der Waals surface area (Å²) in [4.78, 5) is 11.4. The number of aromatic nitrogens is 4. The molecule has 0 aromatic carbocycles. The molecule has 1 fully saturated rings. The molecule has 4 N–H and O–H groups in total. The second-order valence-corrected chi connectivity index (χ2v) is 4.89. The third-order valence-corrected chi connectivity index (χ3v) is 3.60.